The number of amides is 1. The number of amidine groups is 1. The number of piperidine rings is 1. The van der Waals surface area contributed by atoms with Gasteiger partial charge in [0.15, 0.2) is 0 Å². The van der Waals surface area contributed by atoms with Crippen molar-refractivity contribution in [1.29, 1.82) is 0 Å². The number of hydrogen-bond donors (Lipinski definition) is 2. The molecule has 0 radical (unpaired) electrons. The van der Waals surface area contributed by atoms with E-state index < -0.39 is 10.0 Å². The molecule has 1 amide bonds. The van der Waals surface area contributed by atoms with Crippen LogP contribution < -0.4 is 10.6 Å². The number of hydrogen-bond acceptors (Lipinski definition) is 5. The van der Waals surface area contributed by atoms with E-state index in [0.717, 1.165) is 19.4 Å². The molecule has 9 heteroatoms. The molecule has 0 aliphatic carbocycles. The molecule has 2 atom stereocenters. The van der Waals surface area contributed by atoms with Crippen LogP contribution in [0.4, 0.5) is 0 Å². The predicted octanol–water partition coefficient (Wildman–Crippen LogP) is 0.162. The minimum Gasteiger partial charge on any atom is -0.348 e. The lowest BCUT2D eigenvalue weighted by Crippen LogP contribution is -2.52. The molecule has 0 aromatic heterocycles. The fraction of sp³-hybridized carbons (Fsp3) is 0.571. The van der Waals surface area contributed by atoms with Crippen LogP contribution in [0.2, 0.25) is 0 Å². The molecule has 0 bridgehead atoms. The van der Waals surface area contributed by atoms with Crippen LogP contribution in [-0.2, 0) is 14.8 Å². The smallest absolute Gasteiger partial charge is 0.256 e. The molecule has 3 aliphatic rings. The predicted molar refractivity (Wildman–Crippen MR) is 91.0 cm³/mol. The molecule has 0 saturated carbocycles. The lowest BCUT2D eigenvalue weighted by molar-refractivity contribution is -0.118. The van der Waals surface area contributed by atoms with Gasteiger partial charge in [-0.25, -0.2) is 8.42 Å². The molecule has 1 saturated heterocycles. The van der Waals surface area contributed by atoms with Crippen molar-refractivity contribution in [2.45, 2.75) is 31.8 Å². The largest absolute Gasteiger partial charge is 0.348 e. The van der Waals surface area contributed by atoms with Crippen molar-refractivity contribution in [1.82, 2.24) is 15.5 Å². The molecule has 7 nitrogen and oxygen atoms in total. The van der Waals surface area contributed by atoms with Crippen molar-refractivity contribution in [2.75, 3.05) is 18.8 Å². The van der Waals surface area contributed by atoms with Gasteiger partial charge in [-0.1, -0.05) is 0 Å². The van der Waals surface area contributed by atoms with Crippen molar-refractivity contribution in [3.63, 3.8) is 0 Å². The maximum Gasteiger partial charge on any atom is 0.256 e. The van der Waals surface area contributed by atoms with Gasteiger partial charge in [-0.05, 0) is 38.5 Å². The Hall–Kier alpha value is -1.38. The van der Waals surface area contributed by atoms with Gasteiger partial charge in [-0.15, -0.1) is 16.8 Å². The van der Waals surface area contributed by atoms with Crippen LogP contribution in [0, 0.1) is 0 Å². The number of carbonyl (C=O) groups is 1. The zero-order valence-corrected chi connectivity index (χ0v) is 14.5. The highest BCUT2D eigenvalue weighted by atomic mass is 35.5. The Morgan fingerprint density at radius 2 is 2.22 bits per heavy atom. The average Bonchev–Trinajstić information content (AvgIpc) is 2.48. The summed E-state index contributed by atoms with van der Waals surface area (Å²) in [4.78, 5) is 14.1. The standard InChI is InChI=1S/C14H20N4O3S.ClH/c1-10-12(3-2-6-15-10)16-14(19)11-4-5-13-17-22(20,21)8-7-18(13)9-11;/h4-5,9-10,12,15H,2-3,6-8H2,1H3,(H,16,19);1H. The van der Waals surface area contributed by atoms with E-state index in [4.69, 9.17) is 0 Å². The second-order valence-corrected chi connectivity index (χ2v) is 7.57. The quantitative estimate of drug-likeness (QED) is 0.732. The highest BCUT2D eigenvalue weighted by Crippen LogP contribution is 2.17. The van der Waals surface area contributed by atoms with Crippen LogP contribution in [0.3, 0.4) is 0 Å². The molecular formula is C14H21ClN4O3S. The summed E-state index contributed by atoms with van der Waals surface area (Å²) in [5, 5.41) is 6.39. The molecule has 2 unspecified atom stereocenters. The molecule has 2 N–H and O–H groups in total. The second-order valence-electron chi connectivity index (χ2n) is 5.81. The maximum absolute atomic E-state index is 12.4. The highest BCUT2D eigenvalue weighted by Gasteiger charge is 2.27. The van der Waals surface area contributed by atoms with E-state index in [1.165, 1.54) is 0 Å². The fourth-order valence-corrected chi connectivity index (χ4v) is 3.80. The first-order chi connectivity index (χ1) is 10.4. The molecule has 3 aliphatic heterocycles. The van der Waals surface area contributed by atoms with E-state index in [1.807, 2.05) is 0 Å². The Bertz CT molecular complexity index is 672. The third-order valence-electron chi connectivity index (χ3n) is 4.16. The molecule has 0 aromatic rings. The number of nitrogens with one attached hydrogen (secondary N) is 2. The van der Waals surface area contributed by atoms with Gasteiger partial charge in [0.1, 0.15) is 5.84 Å². The molecule has 128 valence electrons. The van der Waals surface area contributed by atoms with E-state index in [9.17, 15) is 13.2 Å². The minimum absolute atomic E-state index is 0. The Balaban J connectivity index is 0.00000192. The second kappa shape index (κ2) is 7.02. The van der Waals surface area contributed by atoms with Crippen molar-refractivity contribution in [3.8, 4) is 0 Å². The summed E-state index contributed by atoms with van der Waals surface area (Å²) in [6.07, 6.45) is 6.88. The van der Waals surface area contributed by atoms with Crippen LogP contribution in [-0.4, -0.2) is 56.0 Å². The topological polar surface area (TPSA) is 90.9 Å². The molecule has 3 heterocycles. The summed E-state index contributed by atoms with van der Waals surface area (Å²) in [5.41, 5.74) is 0.524. The molecule has 0 aromatic carbocycles. The van der Waals surface area contributed by atoms with Gasteiger partial charge in [-0.3, -0.25) is 4.79 Å². The lowest BCUT2D eigenvalue weighted by atomic mass is 9.99. The van der Waals surface area contributed by atoms with Crippen LogP contribution in [0.15, 0.2) is 28.3 Å². The molecular weight excluding hydrogens is 340 g/mol. The summed E-state index contributed by atoms with van der Waals surface area (Å²) in [6, 6.07) is 0.371. The van der Waals surface area contributed by atoms with Gasteiger partial charge >= 0.3 is 0 Å². The SMILES string of the molecule is CC1NCCCC1NC(=O)C1=CN2CCS(=O)(=O)N=C2C=C1.Cl. The summed E-state index contributed by atoms with van der Waals surface area (Å²) in [6.45, 7) is 3.37. The first-order valence-corrected chi connectivity index (χ1v) is 9.09. The molecule has 3 rings (SSSR count). The fourth-order valence-electron chi connectivity index (χ4n) is 2.83. The van der Waals surface area contributed by atoms with Crippen LogP contribution in [0.1, 0.15) is 19.8 Å². The summed E-state index contributed by atoms with van der Waals surface area (Å²) >= 11 is 0. The number of rotatable bonds is 2. The Morgan fingerprint density at radius 3 is 2.96 bits per heavy atom. The summed E-state index contributed by atoms with van der Waals surface area (Å²) in [5.74, 6) is 0.207. The molecule has 23 heavy (non-hydrogen) atoms. The Kier molecular flexibility index (Phi) is 5.49. The van der Waals surface area contributed by atoms with Gasteiger partial charge in [0.2, 0.25) is 0 Å². The van der Waals surface area contributed by atoms with E-state index in [0.29, 0.717) is 18.0 Å². The van der Waals surface area contributed by atoms with E-state index in [1.54, 1.807) is 23.3 Å². The third kappa shape index (κ3) is 4.13. The van der Waals surface area contributed by atoms with Crippen LogP contribution in [0.5, 0.6) is 0 Å². The number of sulfonamides is 1. The van der Waals surface area contributed by atoms with E-state index in [2.05, 4.69) is 22.0 Å². The van der Waals surface area contributed by atoms with E-state index >= 15 is 0 Å². The normalized spacial score (nSPS) is 28.8. The van der Waals surface area contributed by atoms with Crippen molar-refractivity contribution >= 4 is 34.2 Å². The Labute approximate surface area is 142 Å². The first kappa shape index (κ1) is 18.0. The first-order valence-electron chi connectivity index (χ1n) is 7.48. The van der Waals surface area contributed by atoms with Crippen LogP contribution >= 0.6 is 12.4 Å². The number of halogens is 1. The van der Waals surface area contributed by atoms with Crippen molar-refractivity contribution in [2.24, 2.45) is 4.40 Å². The van der Waals surface area contributed by atoms with Gasteiger partial charge in [0, 0.05) is 24.8 Å². The zero-order valence-electron chi connectivity index (χ0n) is 12.9. The third-order valence-corrected chi connectivity index (χ3v) is 5.33. The van der Waals surface area contributed by atoms with Crippen LogP contribution in [0.25, 0.3) is 0 Å². The van der Waals surface area contributed by atoms with Gasteiger partial charge in [-0.2, -0.15) is 0 Å². The Morgan fingerprint density at radius 1 is 1.43 bits per heavy atom. The molecule has 0 spiro atoms. The van der Waals surface area contributed by atoms with Crippen molar-refractivity contribution in [3.05, 3.63) is 23.9 Å². The zero-order chi connectivity index (χ0) is 15.7. The number of nitrogens with zero attached hydrogens (tertiary/aromatic N) is 2. The van der Waals surface area contributed by atoms with Gasteiger partial charge in [0.05, 0.1) is 11.3 Å². The van der Waals surface area contributed by atoms with Gasteiger partial charge < -0.3 is 15.5 Å². The average molecular weight is 361 g/mol. The minimum atomic E-state index is -3.36. The monoisotopic (exact) mass is 360 g/mol. The number of fused-ring (bicyclic) bond motifs is 1. The van der Waals surface area contributed by atoms with Gasteiger partial charge in [0.25, 0.3) is 15.9 Å². The van der Waals surface area contributed by atoms with E-state index in [-0.39, 0.29) is 36.2 Å². The lowest BCUT2D eigenvalue weighted by Gasteiger charge is -2.31. The summed E-state index contributed by atoms with van der Waals surface area (Å²) in [7, 11) is -3.36. The van der Waals surface area contributed by atoms with Crippen molar-refractivity contribution < 1.29 is 13.2 Å². The summed E-state index contributed by atoms with van der Waals surface area (Å²) < 4.78 is 26.6. The maximum atomic E-state index is 12.4. The number of carbonyl (C=O) groups excluding carboxylic acids is 1. The molecule has 1 fully saturated rings. The highest BCUT2D eigenvalue weighted by molar-refractivity contribution is 7.90.